The van der Waals surface area contributed by atoms with Gasteiger partial charge in [0.05, 0.1) is 14.2 Å². The summed E-state index contributed by atoms with van der Waals surface area (Å²) in [4.78, 5) is 29.8. The number of aryl methyl sites for hydroxylation is 4. The van der Waals surface area contributed by atoms with Crippen molar-refractivity contribution >= 4 is 27.1 Å². The highest BCUT2D eigenvalue weighted by molar-refractivity contribution is 7.61. The van der Waals surface area contributed by atoms with Crippen molar-refractivity contribution in [3.63, 3.8) is 0 Å². The van der Waals surface area contributed by atoms with Crippen molar-refractivity contribution in [1.29, 1.82) is 0 Å². The van der Waals surface area contributed by atoms with Crippen molar-refractivity contribution in [3.8, 4) is 23.0 Å². The largest absolute Gasteiger partial charge is 0.468 e. The maximum absolute atomic E-state index is 16.7. The molecule has 0 saturated carbocycles. The minimum atomic E-state index is -5.17. The smallest absolute Gasteiger partial charge is 0.446 e. The molecule has 0 aliphatic carbocycles. The van der Waals surface area contributed by atoms with E-state index in [1.807, 2.05) is 93.5 Å². The molecular weight excluding hydrogens is 847 g/mol. The highest BCUT2D eigenvalue weighted by Gasteiger charge is 2.64. The van der Waals surface area contributed by atoms with Crippen molar-refractivity contribution in [1.82, 2.24) is 0 Å². The molecule has 0 spiro atoms. The number of benzene rings is 4. The zero-order valence-corrected chi connectivity index (χ0v) is 43.0. The lowest BCUT2D eigenvalue weighted by Gasteiger charge is -2.38. The number of rotatable bonds is 5. The zero-order valence-electron chi connectivity index (χ0n) is 41.2. The predicted molar refractivity (Wildman–Crippen MR) is 254 cm³/mol. The average Bonchev–Trinajstić information content (AvgIpc) is 3.14. The molecular formula is C52H68O10P2. The van der Waals surface area contributed by atoms with Crippen LogP contribution in [-0.4, -0.2) is 37.5 Å². The SMILES string of the molecule is COC(=O)[C@H]([C@H](C(=O)OC)P1(=O)Oc2cc(C(C)(C)C)cc(C)c2Cc2c(C)ccc(C(C)(C)C)c2O1)P1(=O)Oc2cc(C(C)(C)C)cc(C)c2Cc2c(C)ccc(C(C)(C)C)c2O1. The van der Waals surface area contributed by atoms with Gasteiger partial charge >= 0.3 is 27.1 Å². The fraction of sp³-hybridized carbons (Fsp3) is 0.500. The van der Waals surface area contributed by atoms with Crippen LogP contribution < -0.4 is 18.1 Å². The van der Waals surface area contributed by atoms with Gasteiger partial charge in [-0.2, -0.15) is 0 Å². The highest BCUT2D eigenvalue weighted by Crippen LogP contribution is 2.67. The van der Waals surface area contributed by atoms with Gasteiger partial charge in [0.2, 0.25) is 11.3 Å². The molecule has 2 aliphatic rings. The first kappa shape index (κ1) is 48.9. The van der Waals surface area contributed by atoms with Gasteiger partial charge in [-0.1, -0.05) is 119 Å². The van der Waals surface area contributed by atoms with Crippen LogP contribution in [0.1, 0.15) is 150 Å². The molecule has 6 rings (SSSR count). The van der Waals surface area contributed by atoms with Crippen molar-refractivity contribution < 1.29 is 46.3 Å². The van der Waals surface area contributed by atoms with E-state index in [-0.39, 0.29) is 33.8 Å². The zero-order chi connectivity index (χ0) is 47.9. The van der Waals surface area contributed by atoms with Gasteiger partial charge in [-0.15, -0.1) is 0 Å². The summed E-state index contributed by atoms with van der Waals surface area (Å²) in [5.41, 5.74) is 3.07. The molecule has 4 aromatic carbocycles. The third kappa shape index (κ3) is 9.16. The molecule has 0 bridgehead atoms. The molecule has 0 fully saturated rings. The fourth-order valence-electron chi connectivity index (χ4n) is 8.58. The van der Waals surface area contributed by atoms with E-state index in [9.17, 15) is 9.59 Å². The summed E-state index contributed by atoms with van der Waals surface area (Å²) < 4.78 is 71.6. The summed E-state index contributed by atoms with van der Waals surface area (Å²) in [6.07, 6.45) is 0.700. The molecule has 64 heavy (non-hydrogen) atoms. The van der Waals surface area contributed by atoms with E-state index in [1.54, 1.807) is 12.1 Å². The van der Waals surface area contributed by atoms with Gasteiger partial charge in [0.15, 0.2) is 0 Å². The third-order valence-electron chi connectivity index (χ3n) is 12.7. The average molecular weight is 915 g/mol. The molecule has 0 N–H and O–H groups in total. The van der Waals surface area contributed by atoms with Crippen LogP contribution >= 0.6 is 15.2 Å². The lowest BCUT2D eigenvalue weighted by Crippen LogP contribution is -2.45. The molecule has 10 nitrogen and oxygen atoms in total. The lowest BCUT2D eigenvalue weighted by molar-refractivity contribution is -0.147. The quantitative estimate of drug-likeness (QED) is 0.141. The van der Waals surface area contributed by atoms with Crippen LogP contribution in [0.5, 0.6) is 23.0 Å². The minimum absolute atomic E-state index is 0.196. The second kappa shape index (κ2) is 16.7. The maximum atomic E-state index is 16.7. The van der Waals surface area contributed by atoms with Gasteiger partial charge in [0, 0.05) is 46.2 Å². The van der Waals surface area contributed by atoms with Crippen molar-refractivity contribution in [2.75, 3.05) is 14.2 Å². The van der Waals surface area contributed by atoms with E-state index in [1.165, 1.54) is 0 Å². The highest BCUT2D eigenvalue weighted by atomic mass is 31.2. The summed E-state index contributed by atoms with van der Waals surface area (Å²) in [5.74, 6) is -1.52. The summed E-state index contributed by atoms with van der Waals surface area (Å²) in [6, 6.07) is 15.6. The molecule has 4 aromatic rings. The number of ether oxygens (including phenoxy) is 2. The molecule has 0 radical (unpaired) electrons. The number of methoxy groups -OCH3 is 2. The van der Waals surface area contributed by atoms with Crippen LogP contribution in [0.4, 0.5) is 0 Å². The molecule has 2 unspecified atom stereocenters. The van der Waals surface area contributed by atoms with Gasteiger partial charge < -0.3 is 27.6 Å². The van der Waals surface area contributed by atoms with Crippen LogP contribution in [0.25, 0.3) is 0 Å². The van der Waals surface area contributed by atoms with Crippen LogP contribution in [-0.2, 0) is 62.7 Å². The Morgan fingerprint density at radius 2 is 0.812 bits per heavy atom. The van der Waals surface area contributed by atoms with Crippen molar-refractivity contribution in [3.05, 3.63) is 115 Å². The first-order valence-electron chi connectivity index (χ1n) is 22.0. The second-order valence-corrected chi connectivity index (χ2v) is 25.8. The Morgan fingerprint density at radius 1 is 0.484 bits per heavy atom. The van der Waals surface area contributed by atoms with Gasteiger partial charge in [0.25, 0.3) is 0 Å². The summed E-state index contributed by atoms with van der Waals surface area (Å²) >= 11 is 0. The van der Waals surface area contributed by atoms with Crippen LogP contribution in [0.15, 0.2) is 48.5 Å². The van der Waals surface area contributed by atoms with E-state index < -0.39 is 49.3 Å². The van der Waals surface area contributed by atoms with Gasteiger partial charge in [0.1, 0.15) is 23.0 Å². The standard InChI is InChI=1S/C52H68O10P2/c1-29-19-21-39(51(11,12)13)43-37(29)27-35-31(3)23-33(49(5,6)7)25-41(35)59-63(55,61-43)45(47(53)57-17)46(48(54)58-18)64(56)60-42-26-34(50(8,9)10)24-32(4)36(42)28-38-30(2)20-22-40(44(38)62-64)52(14,15)16/h19-26,45-46H,27-28H2,1-18H3/t45-,46+,63?,64?. The Hall–Kier alpha value is -4.52. The molecule has 4 atom stereocenters. The molecule has 0 amide bonds. The summed E-state index contributed by atoms with van der Waals surface area (Å²) in [5, 5.41) is 0. The van der Waals surface area contributed by atoms with Crippen LogP contribution in [0, 0.1) is 27.7 Å². The molecule has 2 aliphatic heterocycles. The van der Waals surface area contributed by atoms with Gasteiger partial charge in [-0.05, 0) is 94.9 Å². The van der Waals surface area contributed by atoms with E-state index in [0.29, 0.717) is 35.1 Å². The number of carbonyl (C=O) groups excluding carboxylic acids is 2. The van der Waals surface area contributed by atoms with Crippen molar-refractivity contribution in [2.24, 2.45) is 0 Å². The van der Waals surface area contributed by atoms with Gasteiger partial charge in [-0.25, -0.2) is 9.13 Å². The summed E-state index contributed by atoms with van der Waals surface area (Å²) in [6.45, 7) is 32.2. The first-order chi connectivity index (χ1) is 29.3. The van der Waals surface area contributed by atoms with Crippen LogP contribution in [0.2, 0.25) is 0 Å². The van der Waals surface area contributed by atoms with Crippen molar-refractivity contribution in [2.45, 2.75) is 157 Å². The molecule has 346 valence electrons. The third-order valence-corrected chi connectivity index (χ3v) is 17.1. The number of carbonyl (C=O) groups is 2. The van der Waals surface area contributed by atoms with E-state index in [4.69, 9.17) is 27.6 Å². The van der Waals surface area contributed by atoms with Gasteiger partial charge in [-0.3, -0.25) is 9.59 Å². The number of hydrogen-bond donors (Lipinski definition) is 0. The second-order valence-electron chi connectivity index (χ2n) is 21.7. The first-order valence-corrected chi connectivity index (χ1v) is 25.2. The minimum Gasteiger partial charge on any atom is -0.468 e. The maximum Gasteiger partial charge on any atom is 0.446 e. The number of hydrogen-bond acceptors (Lipinski definition) is 10. The Morgan fingerprint density at radius 3 is 1.09 bits per heavy atom. The Bertz CT molecular complexity index is 2450. The predicted octanol–water partition coefficient (Wildman–Crippen LogP) is 13.0. The normalized spacial score (nSPS) is 19.7. The topological polar surface area (TPSA) is 124 Å². The molecule has 0 saturated heterocycles. The van der Waals surface area contributed by atoms with Crippen LogP contribution in [0.3, 0.4) is 0 Å². The summed E-state index contributed by atoms with van der Waals surface area (Å²) in [7, 11) is -8.14. The van der Waals surface area contributed by atoms with E-state index >= 15 is 9.13 Å². The Balaban J connectivity index is 1.76. The number of esters is 2. The Labute approximate surface area is 381 Å². The Kier molecular flexibility index (Phi) is 12.8. The van der Waals surface area contributed by atoms with E-state index in [2.05, 4.69) is 53.7 Å². The molecule has 0 aromatic heterocycles. The lowest BCUT2D eigenvalue weighted by atomic mass is 9.82. The molecule has 12 heteroatoms. The van der Waals surface area contributed by atoms with E-state index in [0.717, 1.165) is 58.7 Å². The number of fused-ring (bicyclic) bond motifs is 4. The molecule has 2 heterocycles. The monoisotopic (exact) mass is 914 g/mol. The fourth-order valence-corrected chi connectivity index (χ4v) is 13.6.